The Morgan fingerprint density at radius 1 is 1.08 bits per heavy atom. The number of amides is 1. The molecule has 0 spiro atoms. The van der Waals surface area contributed by atoms with Crippen LogP contribution in [0.4, 0.5) is 5.69 Å². The summed E-state index contributed by atoms with van der Waals surface area (Å²) < 4.78 is 10.6. The van der Waals surface area contributed by atoms with E-state index in [2.05, 4.69) is 10.1 Å². The second-order valence-corrected chi connectivity index (χ2v) is 5.77. The molecule has 25 heavy (non-hydrogen) atoms. The second kappa shape index (κ2) is 8.33. The van der Waals surface area contributed by atoms with Crippen LogP contribution in [0.5, 0.6) is 5.75 Å². The molecule has 0 saturated heterocycles. The molecule has 1 amide bonds. The van der Waals surface area contributed by atoms with Gasteiger partial charge in [-0.3, -0.25) is 4.79 Å². The van der Waals surface area contributed by atoms with Crippen LogP contribution in [0.1, 0.15) is 34.8 Å². The molecule has 2 rings (SSSR count). The van der Waals surface area contributed by atoms with Crippen molar-refractivity contribution in [3.05, 3.63) is 59.2 Å². The van der Waals surface area contributed by atoms with E-state index in [1.165, 1.54) is 7.11 Å². The lowest BCUT2D eigenvalue weighted by Gasteiger charge is -2.19. The molecule has 0 aliphatic heterocycles. The number of esters is 1. The quantitative estimate of drug-likeness (QED) is 0.810. The van der Waals surface area contributed by atoms with Gasteiger partial charge >= 0.3 is 5.97 Å². The molecule has 5 heteroatoms. The number of carbonyl (C=O) groups excluding carboxylic acids is 2. The molecule has 5 nitrogen and oxygen atoms in total. The Kier molecular flexibility index (Phi) is 6.17. The predicted molar refractivity (Wildman–Crippen MR) is 97.0 cm³/mol. The van der Waals surface area contributed by atoms with E-state index < -0.39 is 12.1 Å². The Labute approximate surface area is 148 Å². The Balaban J connectivity index is 2.07. The van der Waals surface area contributed by atoms with Crippen LogP contribution >= 0.6 is 0 Å². The molecule has 0 aliphatic carbocycles. The molecule has 0 unspecified atom stereocenters. The number of anilines is 1. The molecule has 0 bridgehead atoms. The minimum Gasteiger partial charge on any atom is -0.480 e. The molecule has 0 aliphatic rings. The van der Waals surface area contributed by atoms with Gasteiger partial charge in [0.1, 0.15) is 5.75 Å². The maximum absolute atomic E-state index is 12.5. The van der Waals surface area contributed by atoms with Gasteiger partial charge in [0.05, 0.1) is 12.7 Å². The average Bonchev–Trinajstić information content (AvgIpc) is 2.62. The van der Waals surface area contributed by atoms with Gasteiger partial charge in [-0.25, -0.2) is 4.79 Å². The summed E-state index contributed by atoms with van der Waals surface area (Å²) in [6, 6.07) is 12.3. The summed E-state index contributed by atoms with van der Waals surface area (Å²) >= 11 is 0. The number of ether oxygens (including phenoxy) is 2. The van der Waals surface area contributed by atoms with E-state index in [1.807, 2.05) is 39.0 Å². The van der Waals surface area contributed by atoms with Gasteiger partial charge in [0, 0.05) is 5.69 Å². The number of hydrogen-bond acceptors (Lipinski definition) is 4. The summed E-state index contributed by atoms with van der Waals surface area (Å²) in [5, 5.41) is 2.82. The van der Waals surface area contributed by atoms with Crippen molar-refractivity contribution in [2.45, 2.75) is 33.3 Å². The van der Waals surface area contributed by atoms with Crippen molar-refractivity contribution in [2.24, 2.45) is 0 Å². The molecule has 1 N–H and O–H groups in total. The third-order valence-electron chi connectivity index (χ3n) is 4.06. The Hall–Kier alpha value is -2.82. The third kappa shape index (κ3) is 4.59. The highest BCUT2D eigenvalue weighted by atomic mass is 16.5. The van der Waals surface area contributed by atoms with Crippen LogP contribution in [0.2, 0.25) is 0 Å². The lowest BCUT2D eigenvalue weighted by atomic mass is 10.1. The molecular weight excluding hydrogens is 318 g/mol. The zero-order valence-electron chi connectivity index (χ0n) is 15.0. The fourth-order valence-corrected chi connectivity index (χ4v) is 2.36. The van der Waals surface area contributed by atoms with Gasteiger partial charge in [0.25, 0.3) is 5.91 Å². The third-order valence-corrected chi connectivity index (χ3v) is 4.06. The number of aryl methyl sites for hydroxylation is 1. The predicted octanol–water partition coefficient (Wildman–Crippen LogP) is 3.89. The molecule has 0 saturated carbocycles. The van der Waals surface area contributed by atoms with Crippen molar-refractivity contribution >= 4 is 17.6 Å². The summed E-state index contributed by atoms with van der Waals surface area (Å²) in [4.78, 5) is 23.9. The maximum atomic E-state index is 12.5. The Bertz CT molecular complexity index is 753. The first-order chi connectivity index (χ1) is 12.0. The van der Waals surface area contributed by atoms with Crippen LogP contribution < -0.4 is 10.1 Å². The lowest BCUT2D eigenvalue weighted by molar-refractivity contribution is -0.122. The van der Waals surface area contributed by atoms with Crippen LogP contribution in [-0.2, 0) is 9.53 Å². The van der Waals surface area contributed by atoms with Gasteiger partial charge < -0.3 is 14.8 Å². The van der Waals surface area contributed by atoms with Crippen LogP contribution in [0.3, 0.4) is 0 Å². The largest absolute Gasteiger partial charge is 0.480 e. The van der Waals surface area contributed by atoms with Crippen LogP contribution in [0, 0.1) is 13.8 Å². The van der Waals surface area contributed by atoms with E-state index in [-0.39, 0.29) is 5.91 Å². The van der Waals surface area contributed by atoms with Crippen molar-refractivity contribution in [3.8, 4) is 5.75 Å². The fourth-order valence-electron chi connectivity index (χ4n) is 2.36. The van der Waals surface area contributed by atoms with Crippen molar-refractivity contribution in [1.29, 1.82) is 0 Å². The number of benzene rings is 2. The molecule has 132 valence electrons. The molecule has 0 fully saturated rings. The average molecular weight is 341 g/mol. The van der Waals surface area contributed by atoms with Gasteiger partial charge in [-0.15, -0.1) is 0 Å². The number of hydrogen-bond donors (Lipinski definition) is 1. The van der Waals surface area contributed by atoms with E-state index in [0.29, 0.717) is 23.4 Å². The standard InChI is InChI=1S/C20H23NO4/c1-5-17(25-18-8-6-7-13(2)14(18)3)19(22)21-16-11-9-15(10-12-16)20(23)24-4/h6-12,17H,5H2,1-4H3,(H,21,22)/t17-/m1/s1. The summed E-state index contributed by atoms with van der Waals surface area (Å²) in [5.74, 6) is 0.0693. The zero-order valence-corrected chi connectivity index (χ0v) is 15.0. The normalized spacial score (nSPS) is 11.5. The van der Waals surface area contributed by atoms with Gasteiger partial charge in [-0.2, -0.15) is 0 Å². The SMILES string of the molecule is CC[C@@H](Oc1cccc(C)c1C)C(=O)Nc1ccc(C(=O)OC)cc1. The first kappa shape index (κ1) is 18.5. The van der Waals surface area contributed by atoms with Gasteiger partial charge in [0.2, 0.25) is 0 Å². The molecule has 2 aromatic rings. The summed E-state index contributed by atoms with van der Waals surface area (Å²) in [6.07, 6.45) is -0.0554. The monoisotopic (exact) mass is 341 g/mol. The van der Waals surface area contributed by atoms with Crippen LogP contribution in [0.25, 0.3) is 0 Å². The van der Waals surface area contributed by atoms with E-state index in [4.69, 9.17) is 4.74 Å². The molecule has 2 aromatic carbocycles. The van der Waals surface area contributed by atoms with E-state index in [9.17, 15) is 9.59 Å². The first-order valence-electron chi connectivity index (χ1n) is 8.18. The zero-order chi connectivity index (χ0) is 18.4. The maximum Gasteiger partial charge on any atom is 0.337 e. The van der Waals surface area contributed by atoms with E-state index >= 15 is 0 Å². The van der Waals surface area contributed by atoms with E-state index in [0.717, 1.165) is 11.1 Å². The van der Waals surface area contributed by atoms with Crippen molar-refractivity contribution < 1.29 is 19.1 Å². The lowest BCUT2D eigenvalue weighted by Crippen LogP contribution is -2.32. The summed E-state index contributed by atoms with van der Waals surface area (Å²) in [5.41, 5.74) is 3.17. The Morgan fingerprint density at radius 2 is 1.76 bits per heavy atom. The smallest absolute Gasteiger partial charge is 0.337 e. The van der Waals surface area contributed by atoms with Crippen molar-refractivity contribution in [3.63, 3.8) is 0 Å². The minimum atomic E-state index is -0.596. The molecule has 0 aromatic heterocycles. The van der Waals surface area contributed by atoms with E-state index in [1.54, 1.807) is 24.3 Å². The van der Waals surface area contributed by atoms with Gasteiger partial charge in [-0.05, 0) is 61.7 Å². The van der Waals surface area contributed by atoms with Crippen LogP contribution in [-0.4, -0.2) is 25.1 Å². The first-order valence-corrected chi connectivity index (χ1v) is 8.18. The highest BCUT2D eigenvalue weighted by Crippen LogP contribution is 2.23. The topological polar surface area (TPSA) is 64.6 Å². The molecular formula is C20H23NO4. The Morgan fingerprint density at radius 3 is 2.36 bits per heavy atom. The minimum absolute atomic E-state index is 0.228. The van der Waals surface area contributed by atoms with Gasteiger partial charge in [0.15, 0.2) is 6.10 Å². The summed E-state index contributed by atoms with van der Waals surface area (Å²) in [7, 11) is 1.33. The highest BCUT2D eigenvalue weighted by Gasteiger charge is 2.19. The number of rotatable bonds is 6. The fraction of sp³-hybridized carbons (Fsp3) is 0.300. The van der Waals surface area contributed by atoms with Crippen LogP contribution in [0.15, 0.2) is 42.5 Å². The summed E-state index contributed by atoms with van der Waals surface area (Å²) in [6.45, 7) is 5.88. The van der Waals surface area contributed by atoms with Crippen molar-refractivity contribution in [2.75, 3.05) is 12.4 Å². The van der Waals surface area contributed by atoms with Gasteiger partial charge in [-0.1, -0.05) is 19.1 Å². The molecule has 1 atom stereocenters. The molecule has 0 heterocycles. The number of nitrogens with one attached hydrogen (secondary N) is 1. The number of methoxy groups -OCH3 is 1. The molecule has 0 radical (unpaired) electrons. The highest BCUT2D eigenvalue weighted by molar-refractivity contribution is 5.95. The van der Waals surface area contributed by atoms with Crippen molar-refractivity contribution in [1.82, 2.24) is 0 Å². The number of carbonyl (C=O) groups is 2. The second-order valence-electron chi connectivity index (χ2n) is 5.77.